The van der Waals surface area contributed by atoms with E-state index in [1.54, 1.807) is 11.0 Å². The molecule has 2 aromatic rings. The second-order valence-corrected chi connectivity index (χ2v) is 6.77. The second-order valence-electron chi connectivity index (χ2n) is 6.34. The van der Waals surface area contributed by atoms with Crippen molar-refractivity contribution in [1.29, 1.82) is 0 Å². The van der Waals surface area contributed by atoms with E-state index in [2.05, 4.69) is 0 Å². The topological polar surface area (TPSA) is 76.8 Å². The van der Waals surface area contributed by atoms with Gasteiger partial charge in [-0.3, -0.25) is 9.59 Å². The number of amides is 1. The van der Waals surface area contributed by atoms with Crippen LogP contribution in [0.3, 0.4) is 0 Å². The van der Waals surface area contributed by atoms with E-state index in [1.165, 1.54) is 12.1 Å². The van der Waals surface area contributed by atoms with Gasteiger partial charge in [-0.05, 0) is 43.9 Å². The van der Waals surface area contributed by atoms with E-state index in [-0.39, 0.29) is 35.3 Å². The Morgan fingerprint density at radius 2 is 2.12 bits per heavy atom. The van der Waals surface area contributed by atoms with Crippen LogP contribution in [0.1, 0.15) is 43.2 Å². The number of halogens is 1. The number of benzene rings is 1. The Morgan fingerprint density at radius 3 is 2.88 bits per heavy atom. The molecule has 2 heterocycles. The molecule has 1 saturated heterocycles. The van der Waals surface area contributed by atoms with Crippen molar-refractivity contribution in [2.45, 2.75) is 38.6 Å². The molecule has 0 radical (unpaired) electrons. The Bertz CT molecular complexity index is 891. The molecule has 7 heteroatoms. The minimum atomic E-state index is -0.836. The van der Waals surface area contributed by atoms with Gasteiger partial charge in [-0.15, -0.1) is 0 Å². The van der Waals surface area contributed by atoms with E-state index < -0.39 is 11.4 Å². The van der Waals surface area contributed by atoms with E-state index >= 15 is 0 Å². The van der Waals surface area contributed by atoms with Gasteiger partial charge in [0.25, 0.3) is 5.91 Å². The molecule has 3 rings (SSSR count). The van der Waals surface area contributed by atoms with Crippen molar-refractivity contribution < 1.29 is 18.7 Å². The first-order chi connectivity index (χ1) is 12.5. The van der Waals surface area contributed by atoms with Crippen LogP contribution in [0, 0.1) is 0 Å². The summed E-state index contributed by atoms with van der Waals surface area (Å²) in [5.41, 5.74) is -0.156. The Balaban J connectivity index is 1.70. The monoisotopic (exact) mass is 377 g/mol. The molecule has 26 heavy (non-hydrogen) atoms. The standard InChI is InChI=1S/C19H20ClNO5/c1-2-13-5-3-4-8-21(13)18(23)11-25-19(24)17-10-15(22)14-9-12(20)6-7-16(14)26-17/h6-7,9-10,13H,2-5,8,11H2,1H3/t13-/m1/s1. The van der Waals surface area contributed by atoms with Gasteiger partial charge in [0.15, 0.2) is 12.0 Å². The van der Waals surface area contributed by atoms with Crippen molar-refractivity contribution in [3.05, 3.63) is 45.3 Å². The Labute approximate surface area is 155 Å². The van der Waals surface area contributed by atoms with Crippen molar-refractivity contribution in [1.82, 2.24) is 4.90 Å². The van der Waals surface area contributed by atoms with Gasteiger partial charge in [-0.25, -0.2) is 4.79 Å². The lowest BCUT2D eigenvalue weighted by atomic mass is 10.00. The number of fused-ring (bicyclic) bond motifs is 1. The lowest BCUT2D eigenvalue weighted by molar-refractivity contribution is -0.138. The molecule has 1 aromatic carbocycles. The predicted octanol–water partition coefficient (Wildman–Crippen LogP) is 3.39. The van der Waals surface area contributed by atoms with Gasteiger partial charge >= 0.3 is 5.97 Å². The summed E-state index contributed by atoms with van der Waals surface area (Å²) in [4.78, 5) is 38.5. The molecule has 0 unspecified atom stereocenters. The lowest BCUT2D eigenvalue weighted by Crippen LogP contribution is -2.45. The number of piperidine rings is 1. The molecule has 6 nitrogen and oxygen atoms in total. The fraction of sp³-hybridized carbons (Fsp3) is 0.421. The summed E-state index contributed by atoms with van der Waals surface area (Å²) in [7, 11) is 0. The molecule has 1 atom stereocenters. The van der Waals surface area contributed by atoms with Gasteiger partial charge in [0.2, 0.25) is 5.76 Å². The molecule has 1 aliphatic rings. The fourth-order valence-corrected chi connectivity index (χ4v) is 3.44. The summed E-state index contributed by atoms with van der Waals surface area (Å²) < 4.78 is 10.5. The number of nitrogens with zero attached hydrogens (tertiary/aromatic N) is 1. The maximum absolute atomic E-state index is 12.4. The van der Waals surface area contributed by atoms with E-state index in [9.17, 15) is 14.4 Å². The average Bonchev–Trinajstić information content (AvgIpc) is 2.66. The molecule has 0 bridgehead atoms. The number of hydrogen-bond acceptors (Lipinski definition) is 5. The number of carbonyl (C=O) groups excluding carboxylic acids is 2. The van der Waals surface area contributed by atoms with Crippen LogP contribution in [0.5, 0.6) is 0 Å². The average molecular weight is 378 g/mol. The van der Waals surface area contributed by atoms with E-state index in [0.29, 0.717) is 11.6 Å². The number of ether oxygens (including phenoxy) is 1. The summed E-state index contributed by atoms with van der Waals surface area (Å²) in [6, 6.07) is 5.80. The van der Waals surface area contributed by atoms with E-state index in [4.69, 9.17) is 20.8 Å². The largest absolute Gasteiger partial charge is 0.450 e. The quantitative estimate of drug-likeness (QED) is 0.763. The highest BCUT2D eigenvalue weighted by Gasteiger charge is 2.26. The van der Waals surface area contributed by atoms with Crippen molar-refractivity contribution in [2.24, 2.45) is 0 Å². The highest BCUT2D eigenvalue weighted by molar-refractivity contribution is 6.31. The summed E-state index contributed by atoms with van der Waals surface area (Å²) in [5, 5.41) is 0.682. The van der Waals surface area contributed by atoms with Crippen molar-refractivity contribution in [3.8, 4) is 0 Å². The molecule has 0 saturated carbocycles. The zero-order chi connectivity index (χ0) is 18.7. The lowest BCUT2D eigenvalue weighted by Gasteiger charge is -2.35. The Kier molecular flexibility index (Phi) is 5.61. The summed E-state index contributed by atoms with van der Waals surface area (Å²) in [6.45, 7) is 2.36. The normalized spacial score (nSPS) is 17.3. The third-order valence-electron chi connectivity index (χ3n) is 4.64. The molecule has 1 aliphatic heterocycles. The molecule has 1 aromatic heterocycles. The van der Waals surface area contributed by atoms with Crippen molar-refractivity contribution >= 4 is 34.4 Å². The zero-order valence-electron chi connectivity index (χ0n) is 14.5. The van der Waals surface area contributed by atoms with Crippen LogP contribution in [0.2, 0.25) is 5.02 Å². The first-order valence-corrected chi connectivity index (χ1v) is 9.07. The highest BCUT2D eigenvalue weighted by atomic mass is 35.5. The van der Waals surface area contributed by atoms with Crippen LogP contribution in [0.4, 0.5) is 0 Å². The van der Waals surface area contributed by atoms with Gasteiger partial charge in [0, 0.05) is 23.7 Å². The van der Waals surface area contributed by atoms with Gasteiger partial charge in [0.05, 0.1) is 5.39 Å². The third kappa shape index (κ3) is 3.90. The van der Waals surface area contributed by atoms with E-state index in [0.717, 1.165) is 31.7 Å². The van der Waals surface area contributed by atoms with Crippen LogP contribution in [-0.4, -0.2) is 36.0 Å². The summed E-state index contributed by atoms with van der Waals surface area (Å²) >= 11 is 5.86. The maximum atomic E-state index is 12.4. The van der Waals surface area contributed by atoms with Crippen LogP contribution in [0.25, 0.3) is 11.0 Å². The van der Waals surface area contributed by atoms with Crippen LogP contribution < -0.4 is 5.43 Å². The van der Waals surface area contributed by atoms with Gasteiger partial charge in [-0.1, -0.05) is 18.5 Å². The molecular formula is C19H20ClNO5. The first-order valence-electron chi connectivity index (χ1n) is 8.69. The fourth-order valence-electron chi connectivity index (χ4n) is 3.26. The number of esters is 1. The van der Waals surface area contributed by atoms with Gasteiger partial charge in [-0.2, -0.15) is 0 Å². The predicted molar refractivity (Wildman–Crippen MR) is 97.4 cm³/mol. The maximum Gasteiger partial charge on any atom is 0.374 e. The minimum absolute atomic E-state index is 0.193. The number of rotatable bonds is 4. The molecular weight excluding hydrogens is 358 g/mol. The summed E-state index contributed by atoms with van der Waals surface area (Å²) in [5.74, 6) is -1.29. The minimum Gasteiger partial charge on any atom is -0.450 e. The summed E-state index contributed by atoms with van der Waals surface area (Å²) in [6.07, 6.45) is 3.91. The molecule has 1 fully saturated rings. The van der Waals surface area contributed by atoms with Gasteiger partial charge < -0.3 is 14.1 Å². The smallest absolute Gasteiger partial charge is 0.374 e. The van der Waals surface area contributed by atoms with E-state index in [1.807, 2.05) is 6.92 Å². The van der Waals surface area contributed by atoms with Crippen molar-refractivity contribution in [2.75, 3.05) is 13.2 Å². The first kappa shape index (κ1) is 18.5. The van der Waals surface area contributed by atoms with Crippen LogP contribution >= 0.6 is 11.6 Å². The van der Waals surface area contributed by atoms with Crippen LogP contribution in [0.15, 0.2) is 33.5 Å². The highest BCUT2D eigenvalue weighted by Crippen LogP contribution is 2.20. The molecule has 0 aliphatic carbocycles. The molecule has 0 N–H and O–H groups in total. The van der Waals surface area contributed by atoms with Crippen molar-refractivity contribution in [3.63, 3.8) is 0 Å². The SMILES string of the molecule is CC[C@@H]1CCCCN1C(=O)COC(=O)c1cc(=O)c2cc(Cl)ccc2o1. The van der Waals surface area contributed by atoms with Gasteiger partial charge in [0.1, 0.15) is 5.58 Å². The third-order valence-corrected chi connectivity index (χ3v) is 4.87. The Morgan fingerprint density at radius 1 is 1.31 bits per heavy atom. The van der Waals surface area contributed by atoms with Crippen LogP contribution in [-0.2, 0) is 9.53 Å². The molecule has 138 valence electrons. The molecule has 0 spiro atoms. The number of hydrogen-bond donors (Lipinski definition) is 0. The molecule has 1 amide bonds. The second kappa shape index (κ2) is 7.91. The Hall–Kier alpha value is -2.34. The zero-order valence-corrected chi connectivity index (χ0v) is 15.3. The number of likely N-dealkylation sites (tertiary alicyclic amines) is 1. The number of carbonyl (C=O) groups is 2.